The average Bonchev–Trinajstić information content (AvgIpc) is 2.53. The molecule has 6 heteroatoms. The van der Waals surface area contributed by atoms with Gasteiger partial charge in [-0.05, 0) is 37.9 Å². The summed E-state index contributed by atoms with van der Waals surface area (Å²) in [4.78, 5) is 13.0. The molecule has 0 saturated carbocycles. The Bertz CT molecular complexity index is 527. The van der Waals surface area contributed by atoms with E-state index in [1.54, 1.807) is 19.2 Å². The fraction of sp³-hybridized carbons (Fsp3) is 0.600. The number of rotatable bonds is 5. The first-order chi connectivity index (χ1) is 10.2. The van der Waals surface area contributed by atoms with Crippen LogP contribution in [0.2, 0.25) is 0 Å². The minimum atomic E-state index is -0.364. The summed E-state index contributed by atoms with van der Waals surface area (Å²) < 4.78 is 5.31. The van der Waals surface area contributed by atoms with E-state index in [-0.39, 0.29) is 10.6 Å². The van der Waals surface area contributed by atoms with Gasteiger partial charge in [-0.15, -0.1) is 0 Å². The zero-order valence-corrected chi connectivity index (χ0v) is 12.2. The van der Waals surface area contributed by atoms with Gasteiger partial charge in [0.15, 0.2) is 0 Å². The van der Waals surface area contributed by atoms with Crippen LogP contribution in [0.3, 0.4) is 0 Å². The normalized spacial score (nSPS) is 27.6. The second-order valence-electron chi connectivity index (χ2n) is 5.88. The number of hydrogen-bond donors (Lipinski definition) is 1. The van der Waals surface area contributed by atoms with Gasteiger partial charge in [0.05, 0.1) is 12.0 Å². The Balaban J connectivity index is 1.69. The van der Waals surface area contributed by atoms with E-state index in [1.807, 2.05) is 0 Å². The van der Waals surface area contributed by atoms with Gasteiger partial charge >= 0.3 is 0 Å². The van der Waals surface area contributed by atoms with Crippen molar-refractivity contribution in [3.8, 4) is 5.75 Å². The minimum absolute atomic E-state index is 0.113. The molecular weight excluding hydrogens is 270 g/mol. The fourth-order valence-corrected chi connectivity index (χ4v) is 3.45. The average molecular weight is 291 g/mol. The lowest BCUT2D eigenvalue weighted by Crippen LogP contribution is -2.55. The molecule has 3 aliphatic heterocycles. The SMILES string of the molecule is COc1ccc([N+](=O)[O-])cc1CNC1CN2CCC1CC2. The van der Waals surface area contributed by atoms with Crippen molar-refractivity contribution < 1.29 is 9.66 Å². The smallest absolute Gasteiger partial charge is 0.270 e. The molecule has 21 heavy (non-hydrogen) atoms. The van der Waals surface area contributed by atoms with Crippen LogP contribution in [0.15, 0.2) is 18.2 Å². The highest BCUT2D eigenvalue weighted by Gasteiger charge is 2.33. The number of fused-ring (bicyclic) bond motifs is 3. The minimum Gasteiger partial charge on any atom is -0.496 e. The molecule has 0 amide bonds. The van der Waals surface area contributed by atoms with Crippen LogP contribution in [0.5, 0.6) is 5.75 Å². The van der Waals surface area contributed by atoms with Crippen LogP contribution >= 0.6 is 0 Å². The van der Waals surface area contributed by atoms with Gasteiger partial charge in [0.1, 0.15) is 5.75 Å². The molecule has 1 atom stereocenters. The highest BCUT2D eigenvalue weighted by Crippen LogP contribution is 2.29. The summed E-state index contributed by atoms with van der Waals surface area (Å²) in [7, 11) is 1.60. The molecule has 1 aromatic carbocycles. The van der Waals surface area contributed by atoms with Gasteiger partial charge in [-0.3, -0.25) is 10.1 Å². The Morgan fingerprint density at radius 3 is 2.76 bits per heavy atom. The molecule has 0 aliphatic carbocycles. The molecular formula is C15H21N3O3. The zero-order valence-electron chi connectivity index (χ0n) is 12.2. The van der Waals surface area contributed by atoms with Gasteiger partial charge in [-0.1, -0.05) is 0 Å². The van der Waals surface area contributed by atoms with Crippen LogP contribution in [0, 0.1) is 16.0 Å². The van der Waals surface area contributed by atoms with E-state index in [2.05, 4.69) is 10.2 Å². The molecule has 3 heterocycles. The third kappa shape index (κ3) is 3.01. The third-order valence-electron chi connectivity index (χ3n) is 4.69. The van der Waals surface area contributed by atoms with E-state index >= 15 is 0 Å². The van der Waals surface area contributed by atoms with Crippen molar-refractivity contribution in [2.24, 2.45) is 5.92 Å². The summed E-state index contributed by atoms with van der Waals surface area (Å²) in [6.07, 6.45) is 2.51. The Kier molecular flexibility index (Phi) is 4.07. The molecule has 0 spiro atoms. The largest absolute Gasteiger partial charge is 0.496 e. The van der Waals surface area contributed by atoms with E-state index in [9.17, 15) is 10.1 Å². The van der Waals surface area contributed by atoms with Crippen molar-refractivity contribution >= 4 is 5.69 Å². The number of nitrogens with zero attached hydrogens (tertiary/aromatic N) is 2. The first-order valence-corrected chi connectivity index (χ1v) is 7.44. The predicted octanol–water partition coefficient (Wildman–Crippen LogP) is 1.79. The van der Waals surface area contributed by atoms with E-state index in [0.717, 1.165) is 18.0 Å². The zero-order chi connectivity index (χ0) is 14.8. The quantitative estimate of drug-likeness (QED) is 0.661. The van der Waals surface area contributed by atoms with Crippen molar-refractivity contribution in [3.05, 3.63) is 33.9 Å². The van der Waals surface area contributed by atoms with E-state index < -0.39 is 0 Å². The third-order valence-corrected chi connectivity index (χ3v) is 4.69. The maximum Gasteiger partial charge on any atom is 0.270 e. The number of methoxy groups -OCH3 is 1. The molecule has 3 aliphatic rings. The van der Waals surface area contributed by atoms with Crippen molar-refractivity contribution in [3.63, 3.8) is 0 Å². The highest BCUT2D eigenvalue weighted by atomic mass is 16.6. The molecule has 4 rings (SSSR count). The van der Waals surface area contributed by atoms with Crippen LogP contribution in [-0.4, -0.2) is 42.6 Å². The first kappa shape index (κ1) is 14.3. The van der Waals surface area contributed by atoms with Crippen molar-refractivity contribution in [1.82, 2.24) is 10.2 Å². The van der Waals surface area contributed by atoms with Crippen LogP contribution in [0.1, 0.15) is 18.4 Å². The maximum absolute atomic E-state index is 10.9. The molecule has 1 aromatic rings. The van der Waals surface area contributed by atoms with Crippen molar-refractivity contribution in [1.29, 1.82) is 0 Å². The number of nitro groups is 1. The molecule has 0 radical (unpaired) electrons. The molecule has 1 unspecified atom stereocenters. The van der Waals surface area contributed by atoms with Crippen molar-refractivity contribution in [2.75, 3.05) is 26.7 Å². The van der Waals surface area contributed by atoms with Crippen LogP contribution in [-0.2, 0) is 6.54 Å². The number of non-ortho nitro benzene ring substituents is 1. The summed E-state index contributed by atoms with van der Waals surface area (Å²) in [5, 5.41) is 14.5. The second kappa shape index (κ2) is 5.99. The van der Waals surface area contributed by atoms with Crippen molar-refractivity contribution in [2.45, 2.75) is 25.4 Å². The van der Waals surface area contributed by atoms with E-state index in [4.69, 9.17) is 4.74 Å². The number of nitrogens with one attached hydrogen (secondary N) is 1. The lowest BCUT2D eigenvalue weighted by atomic mass is 9.84. The molecule has 3 fully saturated rings. The fourth-order valence-electron chi connectivity index (χ4n) is 3.45. The molecule has 3 saturated heterocycles. The number of piperidine rings is 3. The van der Waals surface area contributed by atoms with E-state index in [1.165, 1.54) is 32.0 Å². The van der Waals surface area contributed by atoms with E-state index in [0.29, 0.717) is 18.3 Å². The topological polar surface area (TPSA) is 67.6 Å². The van der Waals surface area contributed by atoms with Gasteiger partial charge in [-0.2, -0.15) is 0 Å². The molecule has 114 valence electrons. The summed E-state index contributed by atoms with van der Waals surface area (Å²) in [5.41, 5.74) is 0.963. The van der Waals surface area contributed by atoms with Gasteiger partial charge in [0, 0.05) is 36.8 Å². The summed E-state index contributed by atoms with van der Waals surface area (Å²) in [6, 6.07) is 5.24. The number of hydrogen-bond acceptors (Lipinski definition) is 5. The first-order valence-electron chi connectivity index (χ1n) is 7.44. The maximum atomic E-state index is 10.9. The number of ether oxygens (including phenoxy) is 1. The predicted molar refractivity (Wildman–Crippen MR) is 79.4 cm³/mol. The van der Waals surface area contributed by atoms with Gasteiger partial charge in [-0.25, -0.2) is 0 Å². The number of nitro benzene ring substituents is 1. The van der Waals surface area contributed by atoms with Gasteiger partial charge in [0.2, 0.25) is 0 Å². The standard InChI is InChI=1S/C15H21N3O3/c1-21-15-3-2-13(18(19)20)8-12(15)9-16-14-10-17-6-4-11(14)5-7-17/h2-3,8,11,14,16H,4-7,9-10H2,1H3. The lowest BCUT2D eigenvalue weighted by Gasteiger charge is -2.45. The summed E-state index contributed by atoms with van der Waals surface area (Å²) in [5.74, 6) is 1.44. The molecule has 1 N–H and O–H groups in total. The second-order valence-corrected chi connectivity index (χ2v) is 5.88. The molecule has 0 aromatic heterocycles. The van der Waals surface area contributed by atoms with Crippen LogP contribution in [0.25, 0.3) is 0 Å². The summed E-state index contributed by atoms with van der Waals surface area (Å²) >= 11 is 0. The van der Waals surface area contributed by atoms with Crippen LogP contribution in [0.4, 0.5) is 5.69 Å². The highest BCUT2D eigenvalue weighted by molar-refractivity contribution is 5.43. The number of benzene rings is 1. The van der Waals surface area contributed by atoms with Crippen LogP contribution < -0.4 is 10.1 Å². The lowest BCUT2D eigenvalue weighted by molar-refractivity contribution is -0.384. The Morgan fingerprint density at radius 1 is 1.43 bits per heavy atom. The molecule has 2 bridgehead atoms. The summed E-state index contributed by atoms with van der Waals surface area (Å²) in [6.45, 7) is 4.12. The van der Waals surface area contributed by atoms with Gasteiger partial charge < -0.3 is 15.0 Å². The Hall–Kier alpha value is -1.66. The Morgan fingerprint density at radius 2 is 2.19 bits per heavy atom. The van der Waals surface area contributed by atoms with Gasteiger partial charge in [0.25, 0.3) is 5.69 Å². The monoisotopic (exact) mass is 291 g/mol. The molecule has 6 nitrogen and oxygen atoms in total. The Labute approximate surface area is 124 Å².